The molecule has 3 rings (SSSR count). The highest BCUT2D eigenvalue weighted by atomic mass is 19.1. The number of rotatable bonds is 3. The lowest BCUT2D eigenvalue weighted by molar-refractivity contribution is -0.156. The zero-order chi connectivity index (χ0) is 13.3. The van der Waals surface area contributed by atoms with Crippen LogP contribution in [0.4, 0.5) is 4.39 Å². The second-order valence-corrected chi connectivity index (χ2v) is 6.04. The lowest BCUT2D eigenvalue weighted by atomic mass is 9.70. The van der Waals surface area contributed by atoms with E-state index >= 15 is 0 Å². The topological polar surface area (TPSA) is 29.5 Å². The van der Waals surface area contributed by atoms with Crippen LogP contribution < -0.4 is 0 Å². The van der Waals surface area contributed by atoms with Crippen LogP contribution in [0.2, 0.25) is 0 Å². The molecule has 2 nitrogen and oxygen atoms in total. The molecule has 1 aromatic rings. The van der Waals surface area contributed by atoms with Gasteiger partial charge in [-0.25, -0.2) is 4.39 Å². The summed E-state index contributed by atoms with van der Waals surface area (Å²) in [5.41, 5.74) is 1.08. The molecule has 2 atom stereocenters. The smallest absolute Gasteiger partial charge is 0.123 e. The molecule has 1 saturated heterocycles. The predicted molar refractivity (Wildman–Crippen MR) is 71.4 cm³/mol. The van der Waals surface area contributed by atoms with Crippen molar-refractivity contribution < 1.29 is 14.2 Å². The van der Waals surface area contributed by atoms with Crippen molar-refractivity contribution in [2.45, 2.75) is 50.2 Å². The maximum absolute atomic E-state index is 12.9. The third kappa shape index (κ3) is 2.82. The summed E-state index contributed by atoms with van der Waals surface area (Å²) in [5, 5.41) is 10.4. The van der Waals surface area contributed by atoms with Gasteiger partial charge in [0.2, 0.25) is 0 Å². The van der Waals surface area contributed by atoms with Crippen molar-refractivity contribution in [3.05, 3.63) is 35.6 Å². The number of hydrogen-bond acceptors (Lipinski definition) is 2. The van der Waals surface area contributed by atoms with Gasteiger partial charge in [0.25, 0.3) is 0 Å². The maximum atomic E-state index is 12.9. The van der Waals surface area contributed by atoms with Crippen LogP contribution in [0.15, 0.2) is 24.3 Å². The minimum absolute atomic E-state index is 0.0761. The zero-order valence-electron chi connectivity index (χ0n) is 11.1. The first-order valence-corrected chi connectivity index (χ1v) is 7.23. The van der Waals surface area contributed by atoms with E-state index in [0.717, 1.165) is 37.9 Å². The van der Waals surface area contributed by atoms with E-state index in [2.05, 4.69) is 0 Å². The molecule has 0 radical (unpaired) electrons. The second-order valence-electron chi connectivity index (χ2n) is 6.04. The van der Waals surface area contributed by atoms with E-state index in [1.54, 1.807) is 12.1 Å². The normalized spacial score (nSPS) is 26.9. The van der Waals surface area contributed by atoms with Gasteiger partial charge in [-0.05, 0) is 62.1 Å². The average molecular weight is 264 g/mol. The summed E-state index contributed by atoms with van der Waals surface area (Å²) in [6, 6.07) is 6.44. The Morgan fingerprint density at radius 1 is 1.32 bits per heavy atom. The first kappa shape index (κ1) is 13.1. The molecule has 0 aromatic heterocycles. The minimum atomic E-state index is -0.341. The molecule has 1 spiro atoms. The fourth-order valence-corrected chi connectivity index (χ4v) is 3.34. The van der Waals surface area contributed by atoms with Crippen molar-refractivity contribution in [1.82, 2.24) is 0 Å². The predicted octanol–water partition coefficient (Wildman–Crippen LogP) is 3.08. The lowest BCUT2D eigenvalue weighted by Gasteiger charge is -2.48. The Hall–Kier alpha value is -0.930. The summed E-state index contributed by atoms with van der Waals surface area (Å²) in [5.74, 6) is 0.0943. The summed E-state index contributed by atoms with van der Waals surface area (Å²) < 4.78 is 18.7. The van der Waals surface area contributed by atoms with Crippen LogP contribution in [0.25, 0.3) is 0 Å². The first-order valence-electron chi connectivity index (χ1n) is 7.23. The van der Waals surface area contributed by atoms with E-state index < -0.39 is 0 Å². The van der Waals surface area contributed by atoms with E-state index in [1.165, 1.54) is 18.6 Å². The van der Waals surface area contributed by atoms with Crippen molar-refractivity contribution in [2.24, 2.45) is 5.92 Å². The van der Waals surface area contributed by atoms with E-state index in [-0.39, 0.29) is 17.5 Å². The van der Waals surface area contributed by atoms with Gasteiger partial charge in [-0.2, -0.15) is 0 Å². The zero-order valence-corrected chi connectivity index (χ0v) is 11.1. The number of aliphatic hydroxyl groups is 1. The van der Waals surface area contributed by atoms with Crippen LogP contribution >= 0.6 is 0 Å². The molecule has 1 saturated carbocycles. The Morgan fingerprint density at radius 2 is 2.05 bits per heavy atom. The molecule has 2 unspecified atom stereocenters. The number of halogens is 1. The van der Waals surface area contributed by atoms with Crippen LogP contribution in [0, 0.1) is 11.7 Å². The third-order valence-corrected chi connectivity index (χ3v) is 4.70. The molecule has 1 aromatic carbocycles. The molecule has 3 heteroatoms. The highest BCUT2D eigenvalue weighted by Gasteiger charge is 2.43. The number of ether oxygens (including phenoxy) is 1. The van der Waals surface area contributed by atoms with Crippen LogP contribution in [-0.2, 0) is 11.2 Å². The summed E-state index contributed by atoms with van der Waals surface area (Å²) in [6.45, 7) is 0.769. The first-order chi connectivity index (χ1) is 9.17. The fourth-order valence-electron chi connectivity index (χ4n) is 3.34. The van der Waals surface area contributed by atoms with Crippen LogP contribution in [0.1, 0.15) is 37.7 Å². The van der Waals surface area contributed by atoms with Gasteiger partial charge < -0.3 is 9.84 Å². The van der Waals surface area contributed by atoms with Crippen LogP contribution in [-0.4, -0.2) is 23.4 Å². The molecule has 2 fully saturated rings. The molecular formula is C16H21FO2. The van der Waals surface area contributed by atoms with Gasteiger partial charge in [-0.1, -0.05) is 12.1 Å². The van der Waals surface area contributed by atoms with Crippen molar-refractivity contribution in [1.29, 1.82) is 0 Å². The minimum Gasteiger partial charge on any atom is -0.392 e. The molecule has 1 heterocycles. The highest BCUT2D eigenvalue weighted by Crippen LogP contribution is 2.45. The summed E-state index contributed by atoms with van der Waals surface area (Å²) in [4.78, 5) is 0. The molecule has 1 N–H and O–H groups in total. The molecule has 19 heavy (non-hydrogen) atoms. The van der Waals surface area contributed by atoms with E-state index in [4.69, 9.17) is 4.74 Å². The highest BCUT2D eigenvalue weighted by molar-refractivity contribution is 5.17. The largest absolute Gasteiger partial charge is 0.392 e. The Labute approximate surface area is 113 Å². The number of hydrogen-bond donors (Lipinski definition) is 1. The van der Waals surface area contributed by atoms with Gasteiger partial charge in [0.05, 0.1) is 11.7 Å². The number of aliphatic hydroxyl groups excluding tert-OH is 1. The summed E-state index contributed by atoms with van der Waals surface area (Å²) in [7, 11) is 0. The SMILES string of the molecule is OC(Cc1ccc(F)cc1)C1CCOC2(CCC2)C1. The fraction of sp³-hybridized carbons (Fsp3) is 0.625. The van der Waals surface area contributed by atoms with Crippen LogP contribution in [0.3, 0.4) is 0 Å². The second kappa shape index (κ2) is 5.22. The van der Waals surface area contributed by atoms with Crippen molar-refractivity contribution in [2.75, 3.05) is 6.61 Å². The molecule has 1 aliphatic carbocycles. The standard InChI is InChI=1S/C16H21FO2/c17-14-4-2-12(3-5-14)10-15(18)13-6-9-19-16(11-13)7-1-8-16/h2-5,13,15,18H,1,6-11H2. The van der Waals surface area contributed by atoms with Gasteiger partial charge >= 0.3 is 0 Å². The molecule has 1 aliphatic heterocycles. The molecule has 0 bridgehead atoms. The molecule has 2 aliphatic rings. The van der Waals surface area contributed by atoms with E-state index in [1.807, 2.05) is 0 Å². The van der Waals surface area contributed by atoms with Crippen molar-refractivity contribution in [3.8, 4) is 0 Å². The molecular weight excluding hydrogens is 243 g/mol. The van der Waals surface area contributed by atoms with E-state index in [9.17, 15) is 9.50 Å². The lowest BCUT2D eigenvalue weighted by Crippen LogP contribution is -2.48. The molecule has 104 valence electrons. The third-order valence-electron chi connectivity index (χ3n) is 4.70. The van der Waals surface area contributed by atoms with Crippen molar-refractivity contribution >= 4 is 0 Å². The Balaban J connectivity index is 1.60. The van der Waals surface area contributed by atoms with Gasteiger partial charge in [0.15, 0.2) is 0 Å². The van der Waals surface area contributed by atoms with Crippen molar-refractivity contribution in [3.63, 3.8) is 0 Å². The average Bonchev–Trinajstić information content (AvgIpc) is 2.40. The van der Waals surface area contributed by atoms with Crippen LogP contribution in [0.5, 0.6) is 0 Å². The summed E-state index contributed by atoms with van der Waals surface area (Å²) >= 11 is 0. The Kier molecular flexibility index (Phi) is 3.59. The Morgan fingerprint density at radius 3 is 2.68 bits per heavy atom. The Bertz CT molecular complexity index is 425. The maximum Gasteiger partial charge on any atom is 0.123 e. The van der Waals surface area contributed by atoms with Gasteiger partial charge in [-0.3, -0.25) is 0 Å². The summed E-state index contributed by atoms with van der Waals surface area (Å²) in [6.07, 6.45) is 5.73. The quantitative estimate of drug-likeness (QED) is 0.909. The number of benzene rings is 1. The van der Waals surface area contributed by atoms with Gasteiger partial charge in [-0.15, -0.1) is 0 Å². The van der Waals surface area contributed by atoms with Gasteiger partial charge in [0.1, 0.15) is 5.82 Å². The molecule has 0 amide bonds. The monoisotopic (exact) mass is 264 g/mol. The van der Waals surface area contributed by atoms with Gasteiger partial charge in [0, 0.05) is 6.61 Å². The van der Waals surface area contributed by atoms with E-state index in [0.29, 0.717) is 12.3 Å².